The lowest BCUT2D eigenvalue weighted by Gasteiger charge is -2.18. The molecule has 0 aliphatic rings. The smallest absolute Gasteiger partial charge is 0.240 e. The third kappa shape index (κ3) is 4.93. The second kappa shape index (κ2) is 5.75. The molecule has 1 aromatic heterocycles. The number of pyridine rings is 1. The largest absolute Gasteiger partial charge is 0.478 e. The number of nitrogens with two attached hydrogens (primary N) is 1. The Bertz CT molecular complexity index is 359. The number of hydrogen-bond donors (Lipinski definition) is 1. The van der Waals surface area contributed by atoms with Crippen LogP contribution in [0.3, 0.4) is 0 Å². The van der Waals surface area contributed by atoms with Crippen molar-refractivity contribution < 1.29 is 9.47 Å². The fourth-order valence-corrected chi connectivity index (χ4v) is 1.23. The van der Waals surface area contributed by atoms with Crippen molar-refractivity contribution in [2.75, 3.05) is 18.9 Å². The van der Waals surface area contributed by atoms with Crippen LogP contribution in [0.5, 0.6) is 11.8 Å². The summed E-state index contributed by atoms with van der Waals surface area (Å²) in [5, 5.41) is 0. The molecule has 1 rings (SSSR count). The molecule has 2 N–H and O–H groups in total. The van der Waals surface area contributed by atoms with Crippen molar-refractivity contribution in [3.63, 3.8) is 0 Å². The molecule has 0 bridgehead atoms. The van der Waals surface area contributed by atoms with E-state index in [1.807, 2.05) is 6.92 Å². The molecule has 4 nitrogen and oxygen atoms in total. The molecule has 1 heterocycles. The maximum atomic E-state index is 5.73. The molecule has 96 valence electrons. The third-order valence-corrected chi connectivity index (χ3v) is 2.25. The van der Waals surface area contributed by atoms with Gasteiger partial charge in [-0.3, -0.25) is 0 Å². The van der Waals surface area contributed by atoms with Crippen LogP contribution < -0.4 is 15.2 Å². The highest BCUT2D eigenvalue weighted by Gasteiger charge is 2.11. The van der Waals surface area contributed by atoms with Crippen LogP contribution in [0.2, 0.25) is 0 Å². The Morgan fingerprint density at radius 3 is 2.53 bits per heavy atom. The molecule has 1 aromatic rings. The Balaban J connectivity index is 2.57. The minimum Gasteiger partial charge on any atom is -0.478 e. The summed E-state index contributed by atoms with van der Waals surface area (Å²) in [6, 6.07) is 3.52. The quantitative estimate of drug-likeness (QED) is 0.857. The Labute approximate surface area is 103 Å². The summed E-state index contributed by atoms with van der Waals surface area (Å²) in [4.78, 5) is 4.21. The van der Waals surface area contributed by atoms with E-state index in [9.17, 15) is 0 Å². The van der Waals surface area contributed by atoms with Gasteiger partial charge in [-0.2, -0.15) is 4.98 Å². The average Bonchev–Trinajstić information content (AvgIpc) is 2.21. The summed E-state index contributed by atoms with van der Waals surface area (Å²) in [6.45, 7) is 9.62. The molecule has 0 aliphatic heterocycles. The zero-order valence-corrected chi connectivity index (χ0v) is 11.1. The summed E-state index contributed by atoms with van der Waals surface area (Å²) in [5.41, 5.74) is 6.53. The van der Waals surface area contributed by atoms with E-state index in [4.69, 9.17) is 15.2 Å². The van der Waals surface area contributed by atoms with Gasteiger partial charge in [-0.1, -0.05) is 20.8 Å². The molecular formula is C13H22N2O2. The number of hydrogen-bond acceptors (Lipinski definition) is 4. The predicted octanol–water partition coefficient (Wildman–Crippen LogP) is 2.88. The number of ether oxygens (including phenoxy) is 2. The molecule has 0 aromatic carbocycles. The van der Waals surface area contributed by atoms with Crippen LogP contribution in [0.4, 0.5) is 5.69 Å². The highest BCUT2D eigenvalue weighted by molar-refractivity contribution is 5.49. The second-order valence-electron chi connectivity index (χ2n) is 5.14. The Morgan fingerprint density at radius 2 is 1.94 bits per heavy atom. The first-order chi connectivity index (χ1) is 7.92. The highest BCUT2D eigenvalue weighted by atomic mass is 16.5. The van der Waals surface area contributed by atoms with E-state index in [0.717, 1.165) is 6.42 Å². The highest BCUT2D eigenvalue weighted by Crippen LogP contribution is 2.23. The lowest BCUT2D eigenvalue weighted by Crippen LogP contribution is -2.11. The molecule has 4 heteroatoms. The number of nitrogen functional groups attached to an aromatic ring is 1. The van der Waals surface area contributed by atoms with Crippen molar-refractivity contribution in [2.45, 2.75) is 34.1 Å². The SMILES string of the molecule is CCOc1nc(OCCC(C)(C)C)ccc1N. The zero-order valence-electron chi connectivity index (χ0n) is 11.1. The second-order valence-corrected chi connectivity index (χ2v) is 5.14. The van der Waals surface area contributed by atoms with E-state index in [0.29, 0.717) is 30.7 Å². The van der Waals surface area contributed by atoms with Crippen LogP contribution in [0, 0.1) is 5.41 Å². The van der Waals surface area contributed by atoms with Crippen LogP contribution in [0.25, 0.3) is 0 Å². The molecule has 0 spiro atoms. The average molecular weight is 238 g/mol. The monoisotopic (exact) mass is 238 g/mol. The summed E-state index contributed by atoms with van der Waals surface area (Å²) in [6.07, 6.45) is 0.975. The van der Waals surface area contributed by atoms with Gasteiger partial charge in [-0.25, -0.2) is 0 Å². The van der Waals surface area contributed by atoms with E-state index in [-0.39, 0.29) is 5.41 Å². The van der Waals surface area contributed by atoms with Gasteiger partial charge in [-0.05, 0) is 24.8 Å². The zero-order chi connectivity index (χ0) is 12.9. The van der Waals surface area contributed by atoms with Gasteiger partial charge in [0.05, 0.1) is 18.9 Å². The molecular weight excluding hydrogens is 216 g/mol. The Hall–Kier alpha value is -1.45. The van der Waals surface area contributed by atoms with Crippen molar-refractivity contribution in [3.8, 4) is 11.8 Å². The number of anilines is 1. The van der Waals surface area contributed by atoms with Crippen LogP contribution in [0.1, 0.15) is 34.1 Å². The molecule has 0 aliphatic carbocycles. The van der Waals surface area contributed by atoms with E-state index < -0.39 is 0 Å². The van der Waals surface area contributed by atoms with Crippen molar-refractivity contribution >= 4 is 5.69 Å². The van der Waals surface area contributed by atoms with Crippen molar-refractivity contribution in [1.29, 1.82) is 0 Å². The van der Waals surface area contributed by atoms with Gasteiger partial charge >= 0.3 is 0 Å². The number of aromatic nitrogens is 1. The molecule has 0 saturated carbocycles. The molecule has 17 heavy (non-hydrogen) atoms. The summed E-state index contributed by atoms with van der Waals surface area (Å²) in [5.74, 6) is 1.01. The third-order valence-electron chi connectivity index (χ3n) is 2.25. The van der Waals surface area contributed by atoms with Crippen LogP contribution in [-0.4, -0.2) is 18.2 Å². The first kappa shape index (κ1) is 13.6. The van der Waals surface area contributed by atoms with Crippen LogP contribution in [-0.2, 0) is 0 Å². The Kier molecular flexibility index (Phi) is 4.61. The van der Waals surface area contributed by atoms with Crippen molar-refractivity contribution in [3.05, 3.63) is 12.1 Å². The molecule has 0 atom stereocenters. The summed E-state index contributed by atoms with van der Waals surface area (Å²) in [7, 11) is 0. The van der Waals surface area contributed by atoms with Gasteiger partial charge in [0.1, 0.15) is 0 Å². The topological polar surface area (TPSA) is 57.4 Å². The van der Waals surface area contributed by atoms with Gasteiger partial charge in [0.2, 0.25) is 11.8 Å². The van der Waals surface area contributed by atoms with E-state index in [1.54, 1.807) is 12.1 Å². The summed E-state index contributed by atoms with van der Waals surface area (Å²) >= 11 is 0. The van der Waals surface area contributed by atoms with E-state index >= 15 is 0 Å². The van der Waals surface area contributed by atoms with Gasteiger partial charge in [0.25, 0.3) is 0 Å². The molecule has 0 fully saturated rings. The maximum absolute atomic E-state index is 5.73. The molecule has 0 radical (unpaired) electrons. The first-order valence-electron chi connectivity index (χ1n) is 5.94. The summed E-state index contributed by atoms with van der Waals surface area (Å²) < 4.78 is 10.9. The normalized spacial score (nSPS) is 11.3. The first-order valence-corrected chi connectivity index (χ1v) is 5.94. The molecule has 0 saturated heterocycles. The van der Waals surface area contributed by atoms with Gasteiger partial charge < -0.3 is 15.2 Å². The van der Waals surface area contributed by atoms with Gasteiger partial charge in [0, 0.05) is 6.07 Å². The Morgan fingerprint density at radius 1 is 1.24 bits per heavy atom. The van der Waals surface area contributed by atoms with E-state index in [2.05, 4.69) is 25.8 Å². The van der Waals surface area contributed by atoms with Crippen LogP contribution >= 0.6 is 0 Å². The minimum atomic E-state index is 0.260. The van der Waals surface area contributed by atoms with Crippen molar-refractivity contribution in [1.82, 2.24) is 4.98 Å². The van der Waals surface area contributed by atoms with Gasteiger partial charge in [0.15, 0.2) is 0 Å². The fraction of sp³-hybridized carbons (Fsp3) is 0.615. The van der Waals surface area contributed by atoms with Crippen molar-refractivity contribution in [2.24, 2.45) is 5.41 Å². The lowest BCUT2D eigenvalue weighted by atomic mass is 9.93. The molecule has 0 unspecified atom stereocenters. The molecule has 0 amide bonds. The lowest BCUT2D eigenvalue weighted by molar-refractivity contribution is 0.232. The standard InChI is InChI=1S/C13H22N2O2/c1-5-16-12-10(14)6-7-11(15-12)17-9-8-13(2,3)4/h6-7H,5,8-9,14H2,1-4H3. The maximum Gasteiger partial charge on any atom is 0.240 e. The number of nitrogens with zero attached hydrogens (tertiary/aromatic N) is 1. The van der Waals surface area contributed by atoms with Crippen LogP contribution in [0.15, 0.2) is 12.1 Å². The van der Waals surface area contributed by atoms with Gasteiger partial charge in [-0.15, -0.1) is 0 Å². The van der Waals surface area contributed by atoms with E-state index in [1.165, 1.54) is 0 Å². The predicted molar refractivity (Wildman–Crippen MR) is 69.4 cm³/mol. The number of rotatable bonds is 5. The minimum absolute atomic E-state index is 0.260. The fourth-order valence-electron chi connectivity index (χ4n) is 1.23.